The average molecular weight is 415 g/mol. The number of amides is 3. The molecular formula is C19H14N2O3S3. The molecule has 2 heterocycles. The summed E-state index contributed by atoms with van der Waals surface area (Å²) in [6, 6.07) is 15.5. The van der Waals surface area contributed by atoms with Crippen molar-refractivity contribution in [1.29, 1.82) is 0 Å². The molecule has 0 saturated carbocycles. The molecule has 0 aliphatic carbocycles. The van der Waals surface area contributed by atoms with Crippen LogP contribution in [-0.4, -0.2) is 32.7 Å². The molecule has 0 spiro atoms. The van der Waals surface area contributed by atoms with Gasteiger partial charge in [0.25, 0.3) is 0 Å². The summed E-state index contributed by atoms with van der Waals surface area (Å²) in [5, 5.41) is 0. The van der Waals surface area contributed by atoms with Crippen LogP contribution in [0.5, 0.6) is 0 Å². The molecule has 0 N–H and O–H groups in total. The van der Waals surface area contributed by atoms with Crippen LogP contribution in [0.1, 0.15) is 12.8 Å². The second-order valence-corrected chi connectivity index (χ2v) is 8.64. The Labute approximate surface area is 170 Å². The number of fused-ring (bicyclic) bond motifs is 2. The molecule has 2 aliphatic heterocycles. The van der Waals surface area contributed by atoms with Crippen LogP contribution < -0.4 is 4.90 Å². The van der Waals surface area contributed by atoms with Gasteiger partial charge in [0.2, 0.25) is 17.7 Å². The van der Waals surface area contributed by atoms with E-state index in [9.17, 15) is 14.4 Å². The fraction of sp³-hybridized carbons (Fsp3) is 0.158. The van der Waals surface area contributed by atoms with E-state index in [0.717, 1.165) is 37.8 Å². The van der Waals surface area contributed by atoms with Crippen LogP contribution in [0.25, 0.3) is 0 Å². The zero-order valence-corrected chi connectivity index (χ0v) is 16.5. The van der Waals surface area contributed by atoms with Gasteiger partial charge in [-0.1, -0.05) is 60.0 Å². The minimum atomic E-state index is -0.296. The largest absolute Gasteiger partial charge is 0.278 e. The monoisotopic (exact) mass is 414 g/mol. The summed E-state index contributed by atoms with van der Waals surface area (Å²) < 4.78 is 0.142. The van der Waals surface area contributed by atoms with E-state index in [4.69, 9.17) is 12.2 Å². The molecule has 2 aromatic rings. The second kappa shape index (κ2) is 7.46. The van der Waals surface area contributed by atoms with Crippen molar-refractivity contribution in [3.63, 3.8) is 0 Å². The highest BCUT2D eigenvalue weighted by atomic mass is 32.2. The molecule has 1 saturated heterocycles. The number of rotatable bonds is 2. The molecular weight excluding hydrogens is 400 g/mol. The second-order valence-electron chi connectivity index (χ2n) is 5.94. The molecule has 3 amide bonds. The molecule has 27 heavy (non-hydrogen) atoms. The molecule has 5 nitrogen and oxygen atoms in total. The van der Waals surface area contributed by atoms with E-state index in [1.54, 1.807) is 16.7 Å². The van der Waals surface area contributed by atoms with Gasteiger partial charge in [0.15, 0.2) is 0 Å². The number of carbonyl (C=O) groups is 3. The van der Waals surface area contributed by atoms with Gasteiger partial charge in [-0.2, -0.15) is 0 Å². The Balaban J connectivity index is 1.56. The van der Waals surface area contributed by atoms with E-state index in [1.807, 2.05) is 48.5 Å². The first-order valence-corrected chi connectivity index (χ1v) is 10.5. The molecule has 0 unspecified atom stereocenters. The number of thiocarbonyl (C=S) groups is 1. The third-order valence-corrected chi connectivity index (χ3v) is 6.72. The molecule has 0 radical (unpaired) electrons. The summed E-state index contributed by atoms with van der Waals surface area (Å²) in [5.41, 5.74) is 1.65. The van der Waals surface area contributed by atoms with Gasteiger partial charge in [-0.15, -0.1) is 0 Å². The maximum Gasteiger partial charge on any atom is 0.242 e. The number of anilines is 2. The first kappa shape index (κ1) is 18.2. The number of hydrogen-bond acceptors (Lipinski definition) is 6. The fourth-order valence-corrected chi connectivity index (χ4v) is 5.15. The summed E-state index contributed by atoms with van der Waals surface area (Å²) in [5.74, 6) is -0.699. The minimum absolute atomic E-state index is 0.0449. The first-order valence-electron chi connectivity index (χ1n) is 8.27. The van der Waals surface area contributed by atoms with Crippen molar-refractivity contribution < 1.29 is 14.4 Å². The van der Waals surface area contributed by atoms with Crippen LogP contribution in [0.4, 0.5) is 11.4 Å². The van der Waals surface area contributed by atoms with Crippen molar-refractivity contribution >= 4 is 69.2 Å². The van der Waals surface area contributed by atoms with E-state index >= 15 is 0 Å². The summed E-state index contributed by atoms with van der Waals surface area (Å²) in [6.45, 7) is 0. The lowest BCUT2D eigenvalue weighted by Crippen LogP contribution is -2.35. The van der Waals surface area contributed by atoms with E-state index in [0.29, 0.717) is 0 Å². The highest BCUT2D eigenvalue weighted by Crippen LogP contribution is 2.48. The fourth-order valence-electron chi connectivity index (χ4n) is 3.01. The van der Waals surface area contributed by atoms with Gasteiger partial charge >= 0.3 is 0 Å². The molecule has 0 aromatic heterocycles. The van der Waals surface area contributed by atoms with E-state index in [-0.39, 0.29) is 40.6 Å². The van der Waals surface area contributed by atoms with Gasteiger partial charge in [0.05, 0.1) is 17.1 Å². The highest BCUT2D eigenvalue weighted by Gasteiger charge is 2.33. The average Bonchev–Trinajstić information content (AvgIpc) is 3.02. The first-order chi connectivity index (χ1) is 13.1. The lowest BCUT2D eigenvalue weighted by molar-refractivity contribution is -0.133. The van der Waals surface area contributed by atoms with Gasteiger partial charge in [0, 0.05) is 22.6 Å². The summed E-state index contributed by atoms with van der Waals surface area (Å²) in [4.78, 5) is 41.4. The Morgan fingerprint density at radius 2 is 1.44 bits per heavy atom. The summed E-state index contributed by atoms with van der Waals surface area (Å²) in [6.07, 6.45) is 0.356. The normalized spacial score (nSPS) is 15.6. The SMILES string of the molecule is O=C1CCC(=O)N1C(=S)SCC(=O)N1c2ccccc2Sc2ccccc21. The maximum atomic E-state index is 13.1. The van der Waals surface area contributed by atoms with Crippen LogP contribution in [0, 0.1) is 0 Å². The molecule has 8 heteroatoms. The van der Waals surface area contributed by atoms with Gasteiger partial charge in [-0.3, -0.25) is 19.3 Å². The lowest BCUT2D eigenvalue weighted by atomic mass is 10.2. The number of thioether (sulfide) groups is 1. The van der Waals surface area contributed by atoms with Crippen molar-refractivity contribution in [2.75, 3.05) is 10.7 Å². The zero-order chi connectivity index (χ0) is 19.0. The van der Waals surface area contributed by atoms with Crippen molar-refractivity contribution in [2.24, 2.45) is 0 Å². The summed E-state index contributed by atoms with van der Waals surface area (Å²) >= 11 is 7.89. The molecule has 1 fully saturated rings. The van der Waals surface area contributed by atoms with Gasteiger partial charge in [-0.25, -0.2) is 4.90 Å². The Kier molecular flexibility index (Phi) is 5.03. The minimum Gasteiger partial charge on any atom is -0.278 e. The van der Waals surface area contributed by atoms with Crippen molar-refractivity contribution in [1.82, 2.24) is 4.90 Å². The van der Waals surface area contributed by atoms with Crippen molar-refractivity contribution in [3.8, 4) is 0 Å². The maximum absolute atomic E-state index is 13.1. The van der Waals surface area contributed by atoms with E-state index in [2.05, 4.69) is 0 Å². The topological polar surface area (TPSA) is 57.7 Å². The van der Waals surface area contributed by atoms with Gasteiger partial charge in [-0.05, 0) is 24.3 Å². The molecule has 2 aromatic carbocycles. The number of likely N-dealkylation sites (tertiary alicyclic amines) is 1. The predicted octanol–water partition coefficient (Wildman–Crippen LogP) is 3.98. The smallest absolute Gasteiger partial charge is 0.242 e. The Morgan fingerprint density at radius 1 is 0.926 bits per heavy atom. The number of benzene rings is 2. The van der Waals surface area contributed by atoms with Gasteiger partial charge < -0.3 is 0 Å². The molecule has 136 valence electrons. The number of carbonyl (C=O) groups excluding carboxylic acids is 3. The standard InChI is InChI=1S/C19H14N2O3S3/c22-16-9-10-17(23)21(16)19(25)26-11-18(24)20-12-5-1-3-7-14(12)27-15-8-4-2-6-13(15)20/h1-8H,9-11H2. The van der Waals surface area contributed by atoms with Crippen molar-refractivity contribution in [2.45, 2.75) is 22.6 Å². The van der Waals surface area contributed by atoms with Crippen LogP contribution >= 0.6 is 35.7 Å². The molecule has 4 rings (SSSR count). The molecule has 2 aliphatic rings. The van der Waals surface area contributed by atoms with E-state index < -0.39 is 0 Å². The number of para-hydroxylation sites is 2. The Morgan fingerprint density at radius 3 is 2.00 bits per heavy atom. The number of imide groups is 1. The summed E-state index contributed by atoms with van der Waals surface area (Å²) in [7, 11) is 0. The van der Waals surface area contributed by atoms with Crippen LogP contribution in [0.3, 0.4) is 0 Å². The van der Waals surface area contributed by atoms with Crippen LogP contribution in [-0.2, 0) is 14.4 Å². The third-order valence-electron chi connectivity index (χ3n) is 4.23. The quantitative estimate of drug-likeness (QED) is 0.547. The number of nitrogens with zero attached hydrogens (tertiary/aromatic N) is 2. The predicted molar refractivity (Wildman–Crippen MR) is 110 cm³/mol. The van der Waals surface area contributed by atoms with Gasteiger partial charge in [0.1, 0.15) is 4.32 Å². The molecule has 0 bridgehead atoms. The number of hydrogen-bond donors (Lipinski definition) is 0. The molecule has 0 atom stereocenters. The van der Waals surface area contributed by atoms with Crippen LogP contribution in [0.15, 0.2) is 58.3 Å². The van der Waals surface area contributed by atoms with Crippen molar-refractivity contribution in [3.05, 3.63) is 48.5 Å². The van der Waals surface area contributed by atoms with E-state index in [1.165, 1.54) is 0 Å². The Bertz CT molecular complexity index is 915. The Hall–Kier alpha value is -2.16. The third kappa shape index (κ3) is 3.40. The zero-order valence-electron chi connectivity index (χ0n) is 14.1. The lowest BCUT2D eigenvalue weighted by Gasteiger charge is -2.31. The highest BCUT2D eigenvalue weighted by molar-refractivity contribution is 8.23. The van der Waals surface area contributed by atoms with Crippen LogP contribution in [0.2, 0.25) is 0 Å².